The van der Waals surface area contributed by atoms with E-state index in [9.17, 15) is 10.2 Å². The van der Waals surface area contributed by atoms with E-state index in [1.54, 1.807) is 6.07 Å². The number of hydrogen-bond acceptors (Lipinski definition) is 6. The highest BCUT2D eigenvalue weighted by Gasteiger charge is 2.14. The lowest BCUT2D eigenvalue weighted by Crippen LogP contribution is -2.08. The van der Waals surface area contributed by atoms with Crippen LogP contribution in [0.5, 0.6) is 0 Å². The van der Waals surface area contributed by atoms with E-state index in [0.29, 0.717) is 30.8 Å². The fraction of sp³-hybridized carbons (Fsp3) is 0.333. The second kappa shape index (κ2) is 8.54. The summed E-state index contributed by atoms with van der Waals surface area (Å²) in [7, 11) is 0. The summed E-state index contributed by atoms with van der Waals surface area (Å²) in [5.41, 5.74) is 17.7. The van der Waals surface area contributed by atoms with Gasteiger partial charge in [-0.3, -0.25) is 0 Å². The first-order valence-electron chi connectivity index (χ1n) is 7.98. The maximum absolute atomic E-state index is 9.38. The molecule has 6 heteroatoms. The van der Waals surface area contributed by atoms with Gasteiger partial charge in [0.05, 0.1) is 6.61 Å². The smallest absolute Gasteiger partial charge is 0.0604 e. The predicted molar refractivity (Wildman–Crippen MR) is 97.9 cm³/mol. The molecule has 0 spiro atoms. The number of anilines is 3. The van der Waals surface area contributed by atoms with Gasteiger partial charge >= 0.3 is 0 Å². The molecule has 2 rings (SSSR count). The molecule has 6 nitrogen and oxygen atoms in total. The molecule has 2 aromatic carbocycles. The minimum Gasteiger partial charge on any atom is -0.399 e. The van der Waals surface area contributed by atoms with Crippen LogP contribution in [0.1, 0.15) is 11.1 Å². The van der Waals surface area contributed by atoms with Crippen LogP contribution in [0.3, 0.4) is 0 Å². The van der Waals surface area contributed by atoms with E-state index in [1.165, 1.54) is 0 Å². The van der Waals surface area contributed by atoms with Crippen molar-refractivity contribution < 1.29 is 15.3 Å². The molecule has 0 saturated carbocycles. The number of benzene rings is 2. The van der Waals surface area contributed by atoms with Gasteiger partial charge in [-0.15, -0.1) is 0 Å². The summed E-state index contributed by atoms with van der Waals surface area (Å²) in [5, 5.41) is 30.8. The number of hydrogen-bond donors (Lipinski definition) is 6. The van der Waals surface area contributed by atoms with Crippen LogP contribution in [0.25, 0.3) is 11.1 Å². The zero-order valence-electron chi connectivity index (χ0n) is 13.6. The molecule has 0 saturated heterocycles. The molecule has 0 aromatic heterocycles. The minimum absolute atomic E-state index is 0.0139. The molecule has 0 unspecified atom stereocenters. The van der Waals surface area contributed by atoms with Crippen LogP contribution in [0.4, 0.5) is 17.1 Å². The van der Waals surface area contributed by atoms with Crippen molar-refractivity contribution in [3.63, 3.8) is 0 Å². The Hall–Kier alpha value is -2.28. The van der Waals surface area contributed by atoms with Gasteiger partial charge in [-0.2, -0.15) is 0 Å². The molecule has 2 aromatic rings. The van der Waals surface area contributed by atoms with Crippen molar-refractivity contribution in [1.29, 1.82) is 0 Å². The molecule has 0 bridgehead atoms. The van der Waals surface area contributed by atoms with Crippen LogP contribution in [-0.2, 0) is 12.8 Å². The third-order valence-electron chi connectivity index (χ3n) is 3.87. The quantitative estimate of drug-likeness (QED) is 0.401. The second-order valence-corrected chi connectivity index (χ2v) is 5.61. The van der Waals surface area contributed by atoms with Gasteiger partial charge in [0.25, 0.3) is 0 Å². The van der Waals surface area contributed by atoms with E-state index in [1.807, 2.05) is 24.3 Å². The summed E-state index contributed by atoms with van der Waals surface area (Å²) in [6.45, 7) is 0.446. The zero-order chi connectivity index (χ0) is 17.5. The molecule has 0 aliphatic rings. The Morgan fingerprint density at radius 1 is 0.833 bits per heavy atom. The molecule has 130 valence electrons. The first kappa shape index (κ1) is 18.1. The molecule has 0 aliphatic carbocycles. The van der Waals surface area contributed by atoms with Gasteiger partial charge in [0.1, 0.15) is 0 Å². The van der Waals surface area contributed by atoms with Gasteiger partial charge in [0.2, 0.25) is 0 Å². The average molecular weight is 331 g/mol. The van der Waals surface area contributed by atoms with Gasteiger partial charge in [0, 0.05) is 42.4 Å². The number of aliphatic hydroxyl groups excluding tert-OH is 3. The van der Waals surface area contributed by atoms with Gasteiger partial charge in [-0.25, -0.2) is 0 Å². The highest BCUT2D eigenvalue weighted by atomic mass is 16.3. The van der Waals surface area contributed by atoms with Crippen LogP contribution in [0.15, 0.2) is 30.3 Å². The number of rotatable bonds is 8. The van der Waals surface area contributed by atoms with Crippen LogP contribution >= 0.6 is 0 Å². The van der Waals surface area contributed by atoms with Gasteiger partial charge in [-0.05, 0) is 53.8 Å². The molecule has 0 aliphatic heterocycles. The van der Waals surface area contributed by atoms with E-state index >= 15 is 0 Å². The Bertz CT molecular complexity index is 689. The summed E-state index contributed by atoms with van der Waals surface area (Å²) in [5.74, 6) is 0. The largest absolute Gasteiger partial charge is 0.399 e. The minimum atomic E-state index is -0.0156. The number of nitrogens with one attached hydrogen (secondary N) is 1. The van der Waals surface area contributed by atoms with E-state index in [0.717, 1.165) is 27.9 Å². The normalized spacial score (nSPS) is 10.8. The van der Waals surface area contributed by atoms with E-state index < -0.39 is 0 Å². The van der Waals surface area contributed by atoms with Crippen LogP contribution in [0.2, 0.25) is 0 Å². The molecule has 8 N–H and O–H groups in total. The van der Waals surface area contributed by atoms with Crippen molar-refractivity contribution >= 4 is 17.1 Å². The summed E-state index contributed by atoms with van der Waals surface area (Å²) in [6.07, 6.45) is 0.924. The molecule has 0 fully saturated rings. The number of nitrogens with two attached hydrogens (primary N) is 2. The maximum Gasteiger partial charge on any atom is 0.0604 e. The fourth-order valence-corrected chi connectivity index (χ4v) is 2.79. The van der Waals surface area contributed by atoms with E-state index in [4.69, 9.17) is 16.6 Å². The first-order valence-corrected chi connectivity index (χ1v) is 7.98. The highest BCUT2D eigenvalue weighted by molar-refractivity contribution is 5.85. The molecule has 0 amide bonds. The Balaban J connectivity index is 2.62. The second-order valence-electron chi connectivity index (χ2n) is 5.61. The molecule has 0 atom stereocenters. The van der Waals surface area contributed by atoms with Gasteiger partial charge in [0.15, 0.2) is 0 Å². The van der Waals surface area contributed by atoms with Gasteiger partial charge < -0.3 is 32.1 Å². The SMILES string of the molecule is Nc1ccc(NCCO)c(-c2cc(CCO)cc(N)c2CCO)c1. The topological polar surface area (TPSA) is 125 Å². The Kier molecular flexibility index (Phi) is 6.43. The molecule has 24 heavy (non-hydrogen) atoms. The van der Waals surface area contributed by atoms with Crippen molar-refractivity contribution in [2.75, 3.05) is 43.1 Å². The van der Waals surface area contributed by atoms with Crippen LogP contribution in [-0.4, -0.2) is 41.7 Å². The summed E-state index contributed by atoms with van der Waals surface area (Å²) >= 11 is 0. The molecular weight excluding hydrogens is 306 g/mol. The fourth-order valence-electron chi connectivity index (χ4n) is 2.79. The number of nitrogen functional groups attached to an aromatic ring is 2. The molecule has 0 radical (unpaired) electrons. The Morgan fingerprint density at radius 2 is 1.58 bits per heavy atom. The molecule has 0 heterocycles. The van der Waals surface area contributed by atoms with Crippen LogP contribution < -0.4 is 16.8 Å². The summed E-state index contributed by atoms with van der Waals surface area (Å²) < 4.78 is 0. The lowest BCUT2D eigenvalue weighted by molar-refractivity contribution is 0.298. The summed E-state index contributed by atoms with van der Waals surface area (Å²) in [6, 6.07) is 9.29. The average Bonchev–Trinajstić information content (AvgIpc) is 2.56. The van der Waals surface area contributed by atoms with Crippen molar-refractivity contribution in [2.24, 2.45) is 0 Å². The third-order valence-corrected chi connectivity index (χ3v) is 3.87. The lowest BCUT2D eigenvalue weighted by atomic mass is 9.92. The van der Waals surface area contributed by atoms with Crippen molar-refractivity contribution in [2.45, 2.75) is 12.8 Å². The maximum atomic E-state index is 9.38. The zero-order valence-corrected chi connectivity index (χ0v) is 13.6. The van der Waals surface area contributed by atoms with Crippen LogP contribution in [0, 0.1) is 0 Å². The first-order chi connectivity index (χ1) is 11.6. The van der Waals surface area contributed by atoms with Crippen molar-refractivity contribution in [3.8, 4) is 11.1 Å². The Labute approximate surface area is 141 Å². The third kappa shape index (κ3) is 4.17. The lowest BCUT2D eigenvalue weighted by Gasteiger charge is -2.18. The number of aliphatic hydroxyl groups is 3. The predicted octanol–water partition coefficient (Wildman–Crippen LogP) is 0.992. The van der Waals surface area contributed by atoms with Gasteiger partial charge in [-0.1, -0.05) is 6.07 Å². The standard InChI is InChI=1S/C18H25N3O3/c19-13-1-2-18(21-5-8-24)16(11-13)15-9-12(3-6-22)10-17(20)14(15)4-7-23/h1-2,9-11,21-24H,3-8,19-20H2. The van der Waals surface area contributed by atoms with E-state index in [2.05, 4.69) is 5.32 Å². The Morgan fingerprint density at radius 3 is 2.25 bits per heavy atom. The van der Waals surface area contributed by atoms with E-state index in [-0.39, 0.29) is 19.8 Å². The summed E-state index contributed by atoms with van der Waals surface area (Å²) in [4.78, 5) is 0. The monoisotopic (exact) mass is 331 g/mol. The van der Waals surface area contributed by atoms with Crippen molar-refractivity contribution in [1.82, 2.24) is 0 Å². The highest BCUT2D eigenvalue weighted by Crippen LogP contribution is 2.36. The molecular formula is C18H25N3O3. The van der Waals surface area contributed by atoms with Crippen molar-refractivity contribution in [3.05, 3.63) is 41.5 Å².